The molecular weight excluding hydrogens is 322 g/mol. The molecule has 3 heteroatoms. The number of allylic oxidation sites excluding steroid dienone is 2. The second-order valence-corrected chi connectivity index (χ2v) is 6.32. The predicted octanol–water partition coefficient (Wildman–Crippen LogP) is 5.03. The van der Waals surface area contributed by atoms with Crippen LogP contribution in [0.1, 0.15) is 43.7 Å². The molecule has 1 N–H and O–H groups in total. The van der Waals surface area contributed by atoms with Crippen LogP contribution >= 0.6 is 0 Å². The first-order chi connectivity index (χ1) is 12.7. The number of carbonyl (C=O) groups excluding carboxylic acids is 1. The molecule has 26 heavy (non-hydrogen) atoms. The molecule has 1 heterocycles. The zero-order chi connectivity index (χ0) is 18.4. The molecule has 0 radical (unpaired) electrons. The summed E-state index contributed by atoms with van der Waals surface area (Å²) in [6, 6.07) is 20.4. The minimum atomic E-state index is -0.235. The van der Waals surface area contributed by atoms with Gasteiger partial charge in [-0.3, -0.25) is 0 Å². The van der Waals surface area contributed by atoms with E-state index in [1.54, 1.807) is 0 Å². The lowest BCUT2D eigenvalue weighted by Crippen LogP contribution is -2.27. The number of carbonyl (C=O) groups is 1. The molecule has 3 rings (SSSR count). The number of dihydropyridines is 1. The molecule has 1 unspecified atom stereocenters. The van der Waals surface area contributed by atoms with E-state index in [0.717, 1.165) is 40.9 Å². The largest absolute Gasteiger partial charge is 0.463 e. The van der Waals surface area contributed by atoms with Gasteiger partial charge in [-0.25, -0.2) is 4.79 Å². The molecule has 0 saturated heterocycles. The second-order valence-electron chi connectivity index (χ2n) is 6.32. The fraction of sp³-hybridized carbons (Fsp3) is 0.261. The average Bonchev–Trinajstić information content (AvgIpc) is 2.69. The summed E-state index contributed by atoms with van der Waals surface area (Å²) in [6.45, 7) is 4.34. The molecule has 0 bridgehead atoms. The molecule has 0 aliphatic carbocycles. The van der Waals surface area contributed by atoms with Gasteiger partial charge in [0, 0.05) is 17.3 Å². The first kappa shape index (κ1) is 18.0. The van der Waals surface area contributed by atoms with Crippen LogP contribution in [0.15, 0.2) is 78.0 Å². The van der Waals surface area contributed by atoms with E-state index in [2.05, 4.69) is 42.6 Å². The van der Waals surface area contributed by atoms with Crippen LogP contribution in [0.4, 0.5) is 0 Å². The summed E-state index contributed by atoms with van der Waals surface area (Å²) in [5.41, 5.74) is 4.93. The third-order valence-electron chi connectivity index (χ3n) is 4.49. The summed E-state index contributed by atoms with van der Waals surface area (Å²) in [4.78, 5) is 12.8. The molecular formula is C23H25NO2. The summed E-state index contributed by atoms with van der Waals surface area (Å²) in [6.07, 6.45) is 3.90. The third kappa shape index (κ3) is 3.88. The molecule has 134 valence electrons. The summed E-state index contributed by atoms with van der Waals surface area (Å²) < 4.78 is 5.38. The number of ether oxygens (including phenoxy) is 1. The van der Waals surface area contributed by atoms with Crippen LogP contribution in [-0.4, -0.2) is 12.6 Å². The number of benzene rings is 2. The Morgan fingerprint density at radius 3 is 2.27 bits per heavy atom. The highest BCUT2D eigenvalue weighted by Gasteiger charge is 2.30. The van der Waals surface area contributed by atoms with Crippen molar-refractivity contribution in [1.82, 2.24) is 5.32 Å². The average molecular weight is 347 g/mol. The van der Waals surface area contributed by atoms with Gasteiger partial charge in [0.1, 0.15) is 0 Å². The standard InChI is InChI=1S/C23H25NO2/c1-3-11-20-22(23(25)26-4-2)19(17-12-7-5-8-13-17)16-21(24-20)18-14-9-6-10-15-18/h5-10,12-16,19,24H,3-4,11H2,1-2H3. The Balaban J connectivity index is 2.11. The number of rotatable bonds is 6. The van der Waals surface area contributed by atoms with Crippen molar-refractivity contribution >= 4 is 11.7 Å². The Morgan fingerprint density at radius 1 is 1.00 bits per heavy atom. The maximum Gasteiger partial charge on any atom is 0.336 e. The van der Waals surface area contributed by atoms with Crippen molar-refractivity contribution in [2.24, 2.45) is 0 Å². The van der Waals surface area contributed by atoms with E-state index in [9.17, 15) is 4.79 Å². The molecule has 1 atom stereocenters. The van der Waals surface area contributed by atoms with E-state index in [1.807, 2.05) is 43.3 Å². The van der Waals surface area contributed by atoms with Gasteiger partial charge in [-0.15, -0.1) is 0 Å². The van der Waals surface area contributed by atoms with Crippen LogP contribution in [0, 0.1) is 0 Å². The minimum Gasteiger partial charge on any atom is -0.463 e. The van der Waals surface area contributed by atoms with E-state index < -0.39 is 0 Å². The Morgan fingerprint density at radius 2 is 1.65 bits per heavy atom. The lowest BCUT2D eigenvalue weighted by Gasteiger charge is -2.28. The molecule has 2 aromatic carbocycles. The summed E-state index contributed by atoms with van der Waals surface area (Å²) >= 11 is 0. The van der Waals surface area contributed by atoms with E-state index in [0.29, 0.717) is 6.61 Å². The van der Waals surface area contributed by atoms with Crippen LogP contribution in [0.25, 0.3) is 5.70 Å². The number of nitrogens with one attached hydrogen (secondary N) is 1. The first-order valence-corrected chi connectivity index (χ1v) is 9.24. The van der Waals surface area contributed by atoms with Gasteiger partial charge in [-0.05, 0) is 30.5 Å². The monoisotopic (exact) mass is 347 g/mol. The fourth-order valence-corrected chi connectivity index (χ4v) is 3.32. The molecule has 0 amide bonds. The van der Waals surface area contributed by atoms with Crippen molar-refractivity contribution in [3.63, 3.8) is 0 Å². The van der Waals surface area contributed by atoms with Gasteiger partial charge in [0.2, 0.25) is 0 Å². The number of esters is 1. The first-order valence-electron chi connectivity index (χ1n) is 9.24. The van der Waals surface area contributed by atoms with E-state index in [4.69, 9.17) is 4.74 Å². The lowest BCUT2D eigenvalue weighted by molar-refractivity contribution is -0.138. The van der Waals surface area contributed by atoms with E-state index in [-0.39, 0.29) is 11.9 Å². The van der Waals surface area contributed by atoms with Crippen molar-refractivity contribution in [3.8, 4) is 0 Å². The number of hydrogen-bond donors (Lipinski definition) is 1. The van der Waals surface area contributed by atoms with Gasteiger partial charge in [0.15, 0.2) is 0 Å². The molecule has 3 nitrogen and oxygen atoms in total. The maximum absolute atomic E-state index is 12.8. The summed E-state index contributed by atoms with van der Waals surface area (Å²) in [5, 5.41) is 3.50. The Bertz CT molecular complexity index is 807. The summed E-state index contributed by atoms with van der Waals surface area (Å²) in [7, 11) is 0. The van der Waals surface area contributed by atoms with Gasteiger partial charge in [-0.1, -0.05) is 74.0 Å². The molecule has 0 aromatic heterocycles. The highest BCUT2D eigenvalue weighted by molar-refractivity contribution is 5.93. The van der Waals surface area contributed by atoms with Crippen molar-refractivity contribution in [3.05, 3.63) is 89.1 Å². The van der Waals surface area contributed by atoms with Crippen molar-refractivity contribution in [2.45, 2.75) is 32.6 Å². The van der Waals surface area contributed by atoms with Crippen LogP contribution in [0.3, 0.4) is 0 Å². The predicted molar refractivity (Wildman–Crippen MR) is 105 cm³/mol. The molecule has 2 aromatic rings. The zero-order valence-corrected chi connectivity index (χ0v) is 15.4. The minimum absolute atomic E-state index is 0.117. The molecule has 0 fully saturated rings. The van der Waals surface area contributed by atoms with Gasteiger partial charge in [0.25, 0.3) is 0 Å². The van der Waals surface area contributed by atoms with Crippen molar-refractivity contribution in [2.75, 3.05) is 6.61 Å². The second kappa shape index (κ2) is 8.52. The Labute approximate surface area is 155 Å². The Hall–Kier alpha value is -2.81. The van der Waals surface area contributed by atoms with Gasteiger partial charge in [0.05, 0.1) is 12.2 Å². The van der Waals surface area contributed by atoms with E-state index in [1.165, 1.54) is 0 Å². The smallest absolute Gasteiger partial charge is 0.336 e. The van der Waals surface area contributed by atoms with Gasteiger partial charge < -0.3 is 10.1 Å². The maximum atomic E-state index is 12.8. The molecule has 1 aliphatic heterocycles. The lowest BCUT2D eigenvalue weighted by atomic mass is 9.84. The summed E-state index contributed by atoms with van der Waals surface area (Å²) in [5.74, 6) is -0.353. The van der Waals surface area contributed by atoms with Gasteiger partial charge >= 0.3 is 5.97 Å². The van der Waals surface area contributed by atoms with Crippen LogP contribution in [0.2, 0.25) is 0 Å². The zero-order valence-electron chi connectivity index (χ0n) is 15.4. The molecule has 0 spiro atoms. The number of hydrogen-bond acceptors (Lipinski definition) is 3. The quantitative estimate of drug-likeness (QED) is 0.745. The van der Waals surface area contributed by atoms with Crippen LogP contribution < -0.4 is 5.32 Å². The highest BCUT2D eigenvalue weighted by atomic mass is 16.5. The third-order valence-corrected chi connectivity index (χ3v) is 4.49. The molecule has 1 aliphatic rings. The van der Waals surface area contributed by atoms with Gasteiger partial charge in [-0.2, -0.15) is 0 Å². The van der Waals surface area contributed by atoms with Crippen molar-refractivity contribution in [1.29, 1.82) is 0 Å². The fourth-order valence-electron chi connectivity index (χ4n) is 3.32. The Kier molecular flexibility index (Phi) is 5.90. The SMILES string of the molecule is CCCC1=C(C(=O)OCC)C(c2ccccc2)C=C(c2ccccc2)N1. The van der Waals surface area contributed by atoms with Crippen LogP contribution in [-0.2, 0) is 9.53 Å². The van der Waals surface area contributed by atoms with Crippen LogP contribution in [0.5, 0.6) is 0 Å². The van der Waals surface area contributed by atoms with E-state index >= 15 is 0 Å². The van der Waals surface area contributed by atoms with Crippen molar-refractivity contribution < 1.29 is 9.53 Å². The topological polar surface area (TPSA) is 38.3 Å². The highest BCUT2D eigenvalue weighted by Crippen LogP contribution is 2.36. The normalized spacial score (nSPS) is 16.7. The molecule has 0 saturated carbocycles.